The van der Waals surface area contributed by atoms with Crippen LogP contribution in [0.5, 0.6) is 5.75 Å². The van der Waals surface area contributed by atoms with Crippen molar-refractivity contribution in [3.63, 3.8) is 0 Å². The Morgan fingerprint density at radius 1 is 1.12 bits per heavy atom. The Kier molecular flexibility index (Phi) is 6.53. The number of benzene rings is 2. The summed E-state index contributed by atoms with van der Waals surface area (Å²) in [5, 5.41) is 0.0275. The first-order chi connectivity index (χ1) is 15.8. The SMILES string of the molecule is COc1cccc2sc(N(Cc3ccco3)C(=O)Cc3ccc(S(=O)(=O)C(C)C)cc3)nc12. The minimum atomic E-state index is -3.37. The molecule has 0 spiro atoms. The molecule has 0 saturated carbocycles. The maximum absolute atomic E-state index is 13.4. The smallest absolute Gasteiger partial charge is 0.233 e. The number of fused-ring (bicyclic) bond motifs is 1. The molecule has 0 saturated heterocycles. The quantitative estimate of drug-likeness (QED) is 0.355. The number of furan rings is 1. The van der Waals surface area contributed by atoms with Gasteiger partial charge in [0.2, 0.25) is 5.91 Å². The zero-order valence-corrected chi connectivity index (χ0v) is 20.2. The fourth-order valence-corrected chi connectivity index (χ4v) is 5.41. The van der Waals surface area contributed by atoms with Gasteiger partial charge in [0, 0.05) is 0 Å². The summed E-state index contributed by atoms with van der Waals surface area (Å²) in [5.74, 6) is 1.10. The molecule has 4 rings (SSSR count). The lowest BCUT2D eigenvalue weighted by Gasteiger charge is -2.19. The van der Waals surface area contributed by atoms with Crippen LogP contribution >= 0.6 is 11.3 Å². The van der Waals surface area contributed by atoms with E-state index in [0.29, 0.717) is 27.7 Å². The van der Waals surface area contributed by atoms with E-state index in [1.54, 1.807) is 68.5 Å². The van der Waals surface area contributed by atoms with Gasteiger partial charge in [0.25, 0.3) is 0 Å². The number of nitrogens with zero attached hydrogens (tertiary/aromatic N) is 2. The van der Waals surface area contributed by atoms with E-state index in [0.717, 1.165) is 4.70 Å². The van der Waals surface area contributed by atoms with E-state index in [2.05, 4.69) is 4.98 Å². The average Bonchev–Trinajstić information content (AvgIpc) is 3.47. The number of hydrogen-bond donors (Lipinski definition) is 0. The first-order valence-corrected chi connectivity index (χ1v) is 12.7. The van der Waals surface area contributed by atoms with Gasteiger partial charge < -0.3 is 9.15 Å². The van der Waals surface area contributed by atoms with E-state index < -0.39 is 15.1 Å². The van der Waals surface area contributed by atoms with Crippen LogP contribution < -0.4 is 9.64 Å². The van der Waals surface area contributed by atoms with Crippen molar-refractivity contribution in [3.8, 4) is 5.75 Å². The normalized spacial score (nSPS) is 11.8. The van der Waals surface area contributed by atoms with Crippen molar-refractivity contribution in [1.82, 2.24) is 4.98 Å². The number of sulfone groups is 1. The molecule has 33 heavy (non-hydrogen) atoms. The number of amides is 1. The summed E-state index contributed by atoms with van der Waals surface area (Å²) < 4.78 is 36.5. The van der Waals surface area contributed by atoms with Crippen LogP contribution in [-0.4, -0.2) is 31.7 Å². The minimum absolute atomic E-state index is 0.0930. The highest BCUT2D eigenvalue weighted by atomic mass is 32.2. The van der Waals surface area contributed by atoms with Crippen LogP contribution in [0.4, 0.5) is 5.13 Å². The maximum atomic E-state index is 13.4. The molecular weight excluding hydrogens is 460 g/mol. The largest absolute Gasteiger partial charge is 0.494 e. The van der Waals surface area contributed by atoms with E-state index >= 15 is 0 Å². The van der Waals surface area contributed by atoms with Crippen molar-refractivity contribution in [2.45, 2.75) is 37.0 Å². The van der Waals surface area contributed by atoms with Crippen LogP contribution in [0.2, 0.25) is 0 Å². The van der Waals surface area contributed by atoms with Gasteiger partial charge in [-0.3, -0.25) is 9.69 Å². The fraction of sp³-hybridized carbons (Fsp3) is 0.250. The highest BCUT2D eigenvalue weighted by molar-refractivity contribution is 7.92. The van der Waals surface area contributed by atoms with E-state index in [4.69, 9.17) is 9.15 Å². The summed E-state index contributed by atoms with van der Waals surface area (Å²) in [6.45, 7) is 3.52. The summed E-state index contributed by atoms with van der Waals surface area (Å²) in [5.41, 5.74) is 1.41. The molecule has 7 nitrogen and oxygen atoms in total. The Bertz CT molecular complexity index is 1360. The molecule has 0 unspecified atom stereocenters. The summed E-state index contributed by atoms with van der Waals surface area (Å²) in [4.78, 5) is 19.9. The molecular formula is C24H24N2O5S2. The fourth-order valence-electron chi connectivity index (χ4n) is 3.35. The van der Waals surface area contributed by atoms with E-state index in [9.17, 15) is 13.2 Å². The Morgan fingerprint density at radius 3 is 2.52 bits per heavy atom. The number of para-hydroxylation sites is 1. The molecule has 0 aliphatic heterocycles. The number of carbonyl (C=O) groups excluding carboxylic acids is 1. The van der Waals surface area contributed by atoms with Crippen LogP contribution in [-0.2, 0) is 27.6 Å². The van der Waals surface area contributed by atoms with Crippen LogP contribution in [0.25, 0.3) is 10.2 Å². The van der Waals surface area contributed by atoms with Crippen LogP contribution in [0.1, 0.15) is 25.2 Å². The minimum Gasteiger partial charge on any atom is -0.494 e. The first-order valence-electron chi connectivity index (χ1n) is 10.4. The van der Waals surface area contributed by atoms with E-state index in [1.807, 2.05) is 18.2 Å². The van der Waals surface area contributed by atoms with Crippen molar-refractivity contribution in [1.29, 1.82) is 0 Å². The molecule has 172 valence electrons. The molecule has 2 heterocycles. The van der Waals surface area contributed by atoms with Crippen LogP contribution in [0.15, 0.2) is 70.2 Å². The lowest BCUT2D eigenvalue weighted by Crippen LogP contribution is -2.31. The Hall–Kier alpha value is -3.17. The molecule has 4 aromatic rings. The van der Waals surface area contributed by atoms with Gasteiger partial charge >= 0.3 is 0 Å². The Labute approximate surface area is 196 Å². The van der Waals surface area contributed by atoms with Gasteiger partial charge in [-0.1, -0.05) is 29.5 Å². The molecule has 2 aromatic carbocycles. The maximum Gasteiger partial charge on any atom is 0.233 e. The second-order valence-electron chi connectivity index (χ2n) is 7.78. The van der Waals surface area contributed by atoms with Crippen LogP contribution in [0.3, 0.4) is 0 Å². The Morgan fingerprint density at radius 2 is 1.88 bits per heavy atom. The average molecular weight is 485 g/mol. The zero-order chi connectivity index (χ0) is 23.6. The van der Waals surface area contributed by atoms with Gasteiger partial charge in [0.05, 0.1) is 41.2 Å². The van der Waals surface area contributed by atoms with Crippen LogP contribution in [0, 0.1) is 0 Å². The molecule has 0 radical (unpaired) electrons. The van der Waals surface area contributed by atoms with Crippen molar-refractivity contribution < 1.29 is 22.4 Å². The van der Waals surface area contributed by atoms with Gasteiger partial charge in [-0.05, 0) is 55.8 Å². The second-order valence-corrected chi connectivity index (χ2v) is 11.3. The number of thiazole rings is 1. The van der Waals surface area contributed by atoms with E-state index in [1.165, 1.54) is 11.3 Å². The Balaban J connectivity index is 1.63. The summed E-state index contributed by atoms with van der Waals surface area (Å²) in [6.07, 6.45) is 1.66. The van der Waals surface area contributed by atoms with Crippen molar-refractivity contribution >= 4 is 42.4 Å². The number of anilines is 1. The first kappa shape index (κ1) is 23.0. The highest BCUT2D eigenvalue weighted by Crippen LogP contribution is 2.35. The molecule has 9 heteroatoms. The zero-order valence-electron chi connectivity index (χ0n) is 18.5. The number of methoxy groups -OCH3 is 1. The summed E-state index contributed by atoms with van der Waals surface area (Å²) in [6, 6.07) is 15.7. The topological polar surface area (TPSA) is 89.7 Å². The molecule has 0 aliphatic rings. The lowest BCUT2D eigenvalue weighted by molar-refractivity contribution is -0.118. The molecule has 0 bridgehead atoms. The lowest BCUT2D eigenvalue weighted by atomic mass is 10.1. The van der Waals surface area contributed by atoms with Crippen molar-refractivity contribution in [3.05, 3.63) is 72.2 Å². The molecule has 0 aliphatic carbocycles. The third kappa shape index (κ3) is 4.79. The molecule has 2 aromatic heterocycles. The predicted octanol–water partition coefficient (Wildman–Crippen LogP) is 4.86. The van der Waals surface area contributed by atoms with Gasteiger partial charge in [0.15, 0.2) is 15.0 Å². The molecule has 0 fully saturated rings. The second kappa shape index (κ2) is 9.36. The monoisotopic (exact) mass is 484 g/mol. The third-order valence-corrected chi connectivity index (χ3v) is 8.46. The third-order valence-electron chi connectivity index (χ3n) is 5.24. The van der Waals surface area contributed by atoms with Crippen molar-refractivity contribution in [2.75, 3.05) is 12.0 Å². The number of aromatic nitrogens is 1. The van der Waals surface area contributed by atoms with Gasteiger partial charge in [0.1, 0.15) is 17.0 Å². The van der Waals surface area contributed by atoms with Gasteiger partial charge in [-0.25, -0.2) is 13.4 Å². The van der Waals surface area contributed by atoms with Gasteiger partial charge in [-0.15, -0.1) is 0 Å². The molecule has 0 atom stereocenters. The number of ether oxygens (including phenoxy) is 1. The summed E-state index contributed by atoms with van der Waals surface area (Å²) in [7, 11) is -1.78. The number of carbonyl (C=O) groups is 1. The predicted molar refractivity (Wildman–Crippen MR) is 129 cm³/mol. The standard InChI is InChI=1S/C24H24N2O5S2/c1-16(2)33(28,29)19-11-9-17(10-12-19)14-22(27)26(15-18-6-5-13-31-18)24-25-23-20(30-3)7-4-8-21(23)32-24/h4-13,16H,14-15H2,1-3H3. The van der Waals surface area contributed by atoms with Gasteiger partial charge in [-0.2, -0.15) is 0 Å². The van der Waals surface area contributed by atoms with Crippen molar-refractivity contribution in [2.24, 2.45) is 0 Å². The number of rotatable bonds is 8. The highest BCUT2D eigenvalue weighted by Gasteiger charge is 2.23. The summed E-state index contributed by atoms with van der Waals surface area (Å²) >= 11 is 1.40. The number of hydrogen-bond acceptors (Lipinski definition) is 7. The molecule has 0 N–H and O–H groups in total. The molecule has 1 amide bonds. The van der Waals surface area contributed by atoms with E-state index in [-0.39, 0.29) is 23.8 Å².